The molecule has 28 heavy (non-hydrogen) atoms. The molecule has 1 saturated heterocycles. The van der Waals surface area contributed by atoms with Crippen molar-refractivity contribution in [3.63, 3.8) is 0 Å². The monoisotopic (exact) mass is 422 g/mol. The van der Waals surface area contributed by atoms with Crippen LogP contribution in [0, 0.1) is 0 Å². The number of piperidine rings is 1. The Kier molecular flexibility index (Phi) is 6.72. The van der Waals surface area contributed by atoms with Gasteiger partial charge in [-0.2, -0.15) is 4.31 Å². The fourth-order valence-corrected chi connectivity index (χ4v) is 5.19. The van der Waals surface area contributed by atoms with E-state index in [0.717, 1.165) is 19.3 Å². The Bertz CT molecular complexity index is 928. The maximum Gasteiger partial charge on any atom is 0.251 e. The largest absolute Gasteiger partial charge is 0.387 e. The highest BCUT2D eigenvalue weighted by molar-refractivity contribution is 7.89. The van der Waals surface area contributed by atoms with Crippen molar-refractivity contribution >= 4 is 27.5 Å². The minimum atomic E-state index is -3.75. The summed E-state index contributed by atoms with van der Waals surface area (Å²) >= 11 is 6.13. The average Bonchev–Trinajstić information content (AvgIpc) is 2.73. The van der Waals surface area contributed by atoms with Crippen LogP contribution >= 0.6 is 11.6 Å². The third-order valence-electron chi connectivity index (χ3n) is 4.77. The number of hydrogen-bond donors (Lipinski definition) is 2. The number of amides is 1. The van der Waals surface area contributed by atoms with Gasteiger partial charge in [0.2, 0.25) is 10.0 Å². The van der Waals surface area contributed by atoms with Crippen molar-refractivity contribution in [1.29, 1.82) is 0 Å². The number of sulfonamides is 1. The van der Waals surface area contributed by atoms with Crippen molar-refractivity contribution < 1.29 is 18.3 Å². The van der Waals surface area contributed by atoms with Gasteiger partial charge in [-0.05, 0) is 36.6 Å². The van der Waals surface area contributed by atoms with Gasteiger partial charge in [0.25, 0.3) is 5.91 Å². The summed E-state index contributed by atoms with van der Waals surface area (Å²) in [7, 11) is -3.75. The van der Waals surface area contributed by atoms with Crippen molar-refractivity contribution in [2.75, 3.05) is 19.6 Å². The quantitative estimate of drug-likeness (QED) is 0.749. The van der Waals surface area contributed by atoms with Crippen molar-refractivity contribution in [2.24, 2.45) is 0 Å². The minimum absolute atomic E-state index is 0.0136. The van der Waals surface area contributed by atoms with E-state index in [-0.39, 0.29) is 22.0 Å². The number of halogens is 1. The van der Waals surface area contributed by atoms with Crippen molar-refractivity contribution in [3.05, 3.63) is 64.7 Å². The number of carbonyl (C=O) groups excluding carboxylic acids is 1. The Balaban J connectivity index is 1.74. The number of carbonyl (C=O) groups is 1. The highest BCUT2D eigenvalue weighted by Crippen LogP contribution is 2.28. The predicted molar refractivity (Wildman–Crippen MR) is 108 cm³/mol. The normalized spacial score (nSPS) is 16.5. The van der Waals surface area contributed by atoms with Crippen LogP contribution in [0.3, 0.4) is 0 Å². The molecule has 2 aromatic rings. The van der Waals surface area contributed by atoms with Crippen LogP contribution in [0.4, 0.5) is 0 Å². The van der Waals surface area contributed by atoms with Crippen LogP contribution in [0.1, 0.15) is 41.3 Å². The maximum absolute atomic E-state index is 12.9. The maximum atomic E-state index is 12.9. The summed E-state index contributed by atoms with van der Waals surface area (Å²) in [6, 6.07) is 13.2. The third kappa shape index (κ3) is 4.72. The van der Waals surface area contributed by atoms with Crippen LogP contribution < -0.4 is 5.32 Å². The second-order valence-electron chi connectivity index (χ2n) is 6.75. The summed E-state index contributed by atoms with van der Waals surface area (Å²) in [4.78, 5) is 12.4. The second-order valence-corrected chi connectivity index (χ2v) is 9.06. The number of benzene rings is 2. The lowest BCUT2D eigenvalue weighted by Crippen LogP contribution is -2.36. The predicted octanol–water partition coefficient (Wildman–Crippen LogP) is 2.98. The Morgan fingerprint density at radius 2 is 1.79 bits per heavy atom. The first-order valence-corrected chi connectivity index (χ1v) is 11.0. The molecule has 2 N–H and O–H groups in total. The van der Waals surface area contributed by atoms with E-state index in [0.29, 0.717) is 18.7 Å². The lowest BCUT2D eigenvalue weighted by molar-refractivity contribution is 0.0916. The van der Waals surface area contributed by atoms with E-state index in [1.54, 1.807) is 24.3 Å². The molecule has 0 radical (unpaired) electrons. The zero-order valence-corrected chi connectivity index (χ0v) is 16.9. The highest BCUT2D eigenvalue weighted by Gasteiger charge is 2.28. The topological polar surface area (TPSA) is 86.7 Å². The van der Waals surface area contributed by atoms with Crippen LogP contribution in [0.25, 0.3) is 0 Å². The summed E-state index contributed by atoms with van der Waals surface area (Å²) < 4.78 is 27.2. The summed E-state index contributed by atoms with van der Waals surface area (Å²) in [5.41, 5.74) is 0.868. The highest BCUT2D eigenvalue weighted by atomic mass is 35.5. The fourth-order valence-electron chi connectivity index (χ4n) is 3.17. The Labute approximate surface area is 170 Å². The smallest absolute Gasteiger partial charge is 0.251 e. The molecule has 1 fully saturated rings. The molecular weight excluding hydrogens is 400 g/mol. The minimum Gasteiger partial charge on any atom is -0.387 e. The number of nitrogens with zero attached hydrogens (tertiary/aromatic N) is 1. The lowest BCUT2D eigenvalue weighted by Gasteiger charge is -2.26. The first kappa shape index (κ1) is 20.8. The Hall–Kier alpha value is -1.93. The molecule has 1 amide bonds. The molecule has 0 unspecified atom stereocenters. The van der Waals surface area contributed by atoms with Gasteiger partial charge in [0, 0.05) is 25.2 Å². The third-order valence-corrected chi connectivity index (χ3v) is 7.15. The Morgan fingerprint density at radius 3 is 2.46 bits per heavy atom. The van der Waals surface area contributed by atoms with Gasteiger partial charge in [-0.3, -0.25) is 4.79 Å². The number of aliphatic hydroxyl groups excluding tert-OH is 1. The van der Waals surface area contributed by atoms with E-state index in [9.17, 15) is 18.3 Å². The van der Waals surface area contributed by atoms with E-state index in [2.05, 4.69) is 5.32 Å². The van der Waals surface area contributed by atoms with Crippen LogP contribution in [0.2, 0.25) is 5.02 Å². The number of aliphatic hydroxyl groups is 1. The van der Waals surface area contributed by atoms with E-state index in [1.807, 2.05) is 6.07 Å². The van der Waals surface area contributed by atoms with Gasteiger partial charge in [-0.1, -0.05) is 48.4 Å². The molecule has 0 aromatic heterocycles. The molecule has 6 nitrogen and oxygen atoms in total. The van der Waals surface area contributed by atoms with Gasteiger partial charge >= 0.3 is 0 Å². The molecule has 3 rings (SSSR count). The molecule has 8 heteroatoms. The molecule has 1 heterocycles. The van der Waals surface area contributed by atoms with Crippen LogP contribution in [0.15, 0.2) is 53.4 Å². The van der Waals surface area contributed by atoms with E-state index in [4.69, 9.17) is 11.6 Å². The fraction of sp³-hybridized carbons (Fsp3) is 0.350. The van der Waals surface area contributed by atoms with Gasteiger partial charge in [-0.15, -0.1) is 0 Å². The molecule has 1 aliphatic heterocycles. The molecular formula is C20H23ClN2O4S. The first-order chi connectivity index (χ1) is 13.4. The summed E-state index contributed by atoms with van der Waals surface area (Å²) in [5.74, 6) is -0.471. The molecule has 0 saturated carbocycles. The SMILES string of the molecule is O=C(NC[C@H](O)c1ccccc1)c1ccc(Cl)c(S(=O)(=O)N2CCCCC2)c1. The van der Waals surface area contributed by atoms with Crippen molar-refractivity contribution in [1.82, 2.24) is 9.62 Å². The number of nitrogens with one attached hydrogen (secondary N) is 1. The molecule has 0 spiro atoms. The Morgan fingerprint density at radius 1 is 1.11 bits per heavy atom. The zero-order valence-electron chi connectivity index (χ0n) is 15.3. The standard InChI is InChI=1S/C20H23ClN2O4S/c21-17-10-9-16(13-19(17)28(26,27)23-11-5-2-6-12-23)20(25)22-14-18(24)15-7-3-1-4-8-15/h1,3-4,7-10,13,18,24H,2,5-6,11-12,14H2,(H,22,25)/t18-/m0/s1. The lowest BCUT2D eigenvalue weighted by atomic mass is 10.1. The van der Waals surface area contributed by atoms with E-state index in [1.165, 1.54) is 22.5 Å². The van der Waals surface area contributed by atoms with Gasteiger partial charge in [-0.25, -0.2) is 8.42 Å². The van der Waals surface area contributed by atoms with Gasteiger partial charge in [0.15, 0.2) is 0 Å². The number of rotatable bonds is 6. The number of hydrogen-bond acceptors (Lipinski definition) is 4. The second kappa shape index (κ2) is 9.05. The molecule has 1 atom stereocenters. The molecule has 0 bridgehead atoms. The zero-order chi connectivity index (χ0) is 20.1. The van der Waals surface area contributed by atoms with Crippen LogP contribution in [-0.2, 0) is 10.0 Å². The summed E-state index contributed by atoms with van der Waals surface area (Å²) in [6.45, 7) is 0.927. The first-order valence-electron chi connectivity index (χ1n) is 9.20. The van der Waals surface area contributed by atoms with E-state index >= 15 is 0 Å². The molecule has 2 aromatic carbocycles. The molecule has 1 aliphatic rings. The van der Waals surface area contributed by atoms with Crippen LogP contribution in [0.5, 0.6) is 0 Å². The van der Waals surface area contributed by atoms with Gasteiger partial charge in [0.05, 0.1) is 11.1 Å². The summed E-state index contributed by atoms with van der Waals surface area (Å²) in [6.07, 6.45) is 1.78. The van der Waals surface area contributed by atoms with Gasteiger partial charge < -0.3 is 10.4 Å². The van der Waals surface area contributed by atoms with E-state index < -0.39 is 22.0 Å². The average molecular weight is 423 g/mol. The van der Waals surface area contributed by atoms with Crippen LogP contribution in [-0.4, -0.2) is 43.4 Å². The molecule has 0 aliphatic carbocycles. The van der Waals surface area contributed by atoms with Crippen molar-refractivity contribution in [3.8, 4) is 0 Å². The van der Waals surface area contributed by atoms with Gasteiger partial charge in [0.1, 0.15) is 4.90 Å². The molecule has 150 valence electrons. The summed E-state index contributed by atoms with van der Waals surface area (Å²) in [5, 5.41) is 12.9. The van der Waals surface area contributed by atoms with Crippen molar-refractivity contribution in [2.45, 2.75) is 30.3 Å².